The van der Waals surface area contributed by atoms with Gasteiger partial charge in [-0.3, -0.25) is 4.79 Å². The zero-order valence-electron chi connectivity index (χ0n) is 13.3. The number of rotatable bonds is 3. The first kappa shape index (κ1) is 15.5. The molecular formula is C19H18BrN3O. The predicted molar refractivity (Wildman–Crippen MR) is 96.8 cm³/mol. The van der Waals surface area contributed by atoms with E-state index in [9.17, 15) is 4.79 Å². The van der Waals surface area contributed by atoms with Crippen molar-refractivity contribution >= 4 is 32.7 Å². The summed E-state index contributed by atoms with van der Waals surface area (Å²) in [4.78, 5) is 14.7. The van der Waals surface area contributed by atoms with Crippen LogP contribution in [-0.4, -0.2) is 20.8 Å². The van der Waals surface area contributed by atoms with E-state index in [4.69, 9.17) is 0 Å². The van der Waals surface area contributed by atoms with Crippen LogP contribution in [0.15, 0.2) is 53.0 Å². The second-order valence-electron chi connectivity index (χ2n) is 6.44. The summed E-state index contributed by atoms with van der Waals surface area (Å²) in [5, 5.41) is 9.30. The van der Waals surface area contributed by atoms with Gasteiger partial charge in [-0.05, 0) is 42.7 Å². The average Bonchev–Trinajstić information content (AvgIpc) is 3.04. The van der Waals surface area contributed by atoms with Crippen LogP contribution in [-0.2, 0) is 16.8 Å². The highest BCUT2D eigenvalue weighted by Gasteiger charge is 2.43. The molecule has 0 spiro atoms. The fraction of sp³-hybridized carbons (Fsp3) is 0.316. The summed E-state index contributed by atoms with van der Waals surface area (Å²) >= 11 is 3.47. The number of hydrogen-bond donors (Lipinski definition) is 0. The van der Waals surface area contributed by atoms with E-state index < -0.39 is 5.54 Å². The minimum Gasteiger partial charge on any atom is -0.297 e. The van der Waals surface area contributed by atoms with Crippen molar-refractivity contribution in [3.05, 3.63) is 58.6 Å². The third-order valence-electron chi connectivity index (χ3n) is 4.84. The van der Waals surface area contributed by atoms with Gasteiger partial charge in [-0.15, -0.1) is 0 Å². The number of carbonyl (C=O) groups excluding carboxylic acids is 1. The topological polar surface area (TPSA) is 47.8 Å². The molecule has 5 heteroatoms. The van der Waals surface area contributed by atoms with E-state index in [1.54, 1.807) is 4.80 Å². The average molecular weight is 384 g/mol. The molecule has 1 unspecified atom stereocenters. The van der Waals surface area contributed by atoms with Gasteiger partial charge in [0.05, 0.1) is 0 Å². The number of Topliss-reactive ketones (excluding diaryl/α,β-unsaturated/α-hetero) is 1. The van der Waals surface area contributed by atoms with Crippen LogP contribution < -0.4 is 0 Å². The highest BCUT2D eigenvalue weighted by molar-refractivity contribution is 9.10. The Morgan fingerprint density at radius 3 is 2.29 bits per heavy atom. The van der Waals surface area contributed by atoms with Gasteiger partial charge in [0.15, 0.2) is 5.78 Å². The molecule has 4 rings (SSSR count). The van der Waals surface area contributed by atoms with Gasteiger partial charge >= 0.3 is 0 Å². The fourth-order valence-corrected chi connectivity index (χ4v) is 3.80. The first-order valence-corrected chi connectivity index (χ1v) is 9.07. The molecule has 3 aromatic rings. The van der Waals surface area contributed by atoms with Crippen molar-refractivity contribution in [2.45, 2.75) is 37.6 Å². The quantitative estimate of drug-likeness (QED) is 0.678. The van der Waals surface area contributed by atoms with Gasteiger partial charge in [-0.2, -0.15) is 15.0 Å². The van der Waals surface area contributed by atoms with Crippen molar-refractivity contribution in [2.24, 2.45) is 0 Å². The van der Waals surface area contributed by atoms with Crippen LogP contribution in [0.5, 0.6) is 0 Å². The zero-order valence-corrected chi connectivity index (χ0v) is 14.9. The molecule has 1 heterocycles. The lowest BCUT2D eigenvalue weighted by atomic mass is 9.77. The Morgan fingerprint density at radius 1 is 1.00 bits per heavy atom. The lowest BCUT2D eigenvalue weighted by Gasteiger charge is -2.34. The van der Waals surface area contributed by atoms with Crippen LogP contribution in [0.4, 0.5) is 0 Å². The molecule has 1 aliphatic carbocycles. The number of fused-ring (bicyclic) bond motifs is 1. The first-order valence-electron chi connectivity index (χ1n) is 8.28. The summed E-state index contributed by atoms with van der Waals surface area (Å²) < 4.78 is 1.04. The van der Waals surface area contributed by atoms with E-state index in [-0.39, 0.29) is 5.78 Å². The van der Waals surface area contributed by atoms with Crippen molar-refractivity contribution in [3.63, 3.8) is 0 Å². The molecule has 24 heavy (non-hydrogen) atoms. The van der Waals surface area contributed by atoms with Crippen LogP contribution >= 0.6 is 15.9 Å². The molecule has 0 bridgehead atoms. The highest BCUT2D eigenvalue weighted by atomic mass is 79.9. The van der Waals surface area contributed by atoms with Gasteiger partial charge in [-0.1, -0.05) is 46.6 Å². The largest absolute Gasteiger partial charge is 0.297 e. The Morgan fingerprint density at radius 2 is 1.67 bits per heavy atom. The van der Waals surface area contributed by atoms with Gasteiger partial charge in [-0.25, -0.2) is 0 Å². The van der Waals surface area contributed by atoms with Gasteiger partial charge in [0, 0.05) is 17.3 Å². The lowest BCUT2D eigenvalue weighted by Crippen LogP contribution is -2.47. The number of aromatic nitrogens is 3. The van der Waals surface area contributed by atoms with Crippen molar-refractivity contribution < 1.29 is 4.79 Å². The Hall–Kier alpha value is -2.01. The smallest absolute Gasteiger partial charge is 0.162 e. The van der Waals surface area contributed by atoms with Crippen molar-refractivity contribution in [1.29, 1.82) is 0 Å². The van der Waals surface area contributed by atoms with Crippen LogP contribution in [0, 0.1) is 0 Å². The molecule has 1 aliphatic rings. The maximum Gasteiger partial charge on any atom is 0.162 e. The third kappa shape index (κ3) is 2.67. The summed E-state index contributed by atoms with van der Waals surface area (Å²) in [5.74, 6) is 0.247. The molecule has 0 radical (unpaired) electrons. The van der Waals surface area contributed by atoms with E-state index in [1.165, 1.54) is 0 Å². The predicted octanol–water partition coefficient (Wildman–Crippen LogP) is 4.27. The minimum atomic E-state index is -0.662. The molecule has 4 nitrogen and oxygen atoms in total. The maximum atomic E-state index is 13.0. The summed E-state index contributed by atoms with van der Waals surface area (Å²) in [6, 6.07) is 16.0. The lowest BCUT2D eigenvalue weighted by molar-refractivity contribution is -0.131. The number of hydrogen-bond acceptors (Lipinski definition) is 3. The van der Waals surface area contributed by atoms with Crippen molar-refractivity contribution in [1.82, 2.24) is 15.0 Å². The number of carbonyl (C=O) groups is 1. The summed E-state index contributed by atoms with van der Waals surface area (Å²) in [5.41, 5.74) is 2.15. The Balaban J connectivity index is 1.80. The molecule has 0 N–H and O–H groups in total. The third-order valence-corrected chi connectivity index (χ3v) is 5.37. The van der Waals surface area contributed by atoms with Crippen molar-refractivity contribution in [3.8, 4) is 0 Å². The number of benzene rings is 2. The molecule has 1 fully saturated rings. The normalized spacial score (nSPS) is 21.3. The second kappa shape index (κ2) is 6.13. The Labute approximate surface area is 149 Å². The summed E-state index contributed by atoms with van der Waals surface area (Å²) in [7, 11) is 0. The van der Waals surface area contributed by atoms with E-state index >= 15 is 0 Å². The molecule has 0 saturated heterocycles. The molecule has 0 amide bonds. The van der Waals surface area contributed by atoms with Gasteiger partial charge in [0.1, 0.15) is 16.6 Å². The van der Waals surface area contributed by atoms with Crippen LogP contribution in [0.2, 0.25) is 0 Å². The van der Waals surface area contributed by atoms with E-state index in [1.807, 2.05) is 36.4 Å². The van der Waals surface area contributed by atoms with Gasteiger partial charge < -0.3 is 0 Å². The second-order valence-corrected chi connectivity index (χ2v) is 7.36. The Kier molecular flexibility index (Phi) is 3.96. The summed E-state index contributed by atoms with van der Waals surface area (Å²) in [6.07, 6.45) is 4.03. The van der Waals surface area contributed by atoms with E-state index in [2.05, 4.69) is 38.3 Å². The molecular weight excluding hydrogens is 366 g/mol. The van der Waals surface area contributed by atoms with Crippen LogP contribution in [0.3, 0.4) is 0 Å². The molecule has 1 saturated carbocycles. The molecule has 1 aromatic heterocycles. The molecule has 0 aliphatic heterocycles. The van der Waals surface area contributed by atoms with Crippen LogP contribution in [0.25, 0.3) is 11.0 Å². The standard InChI is InChI=1S/C19H18BrN3O/c20-15-10-8-14(9-11-15)13-19(12-4-3-7-18(19)24)23-21-16-5-1-2-6-17(16)22-23/h1-2,5-6,8-11H,3-4,7,12-13H2. The maximum absolute atomic E-state index is 13.0. The number of nitrogens with zero attached hydrogens (tertiary/aromatic N) is 3. The number of ketones is 1. The highest BCUT2D eigenvalue weighted by Crippen LogP contribution is 2.35. The SMILES string of the molecule is O=C1CCCCC1(Cc1ccc(Br)cc1)n1nc2ccccc2n1. The molecule has 1 atom stereocenters. The summed E-state index contributed by atoms with van der Waals surface area (Å²) in [6.45, 7) is 0. The van der Waals surface area contributed by atoms with Crippen LogP contribution in [0.1, 0.15) is 31.2 Å². The number of halogens is 1. The van der Waals surface area contributed by atoms with Crippen molar-refractivity contribution in [2.75, 3.05) is 0 Å². The fourth-order valence-electron chi connectivity index (χ4n) is 3.54. The molecule has 2 aromatic carbocycles. The van der Waals surface area contributed by atoms with E-state index in [0.29, 0.717) is 12.8 Å². The minimum absolute atomic E-state index is 0.247. The zero-order chi connectivity index (χ0) is 16.6. The Bertz CT molecular complexity index is 854. The van der Waals surface area contributed by atoms with Gasteiger partial charge in [0.2, 0.25) is 0 Å². The first-order chi connectivity index (χ1) is 11.7. The monoisotopic (exact) mass is 383 g/mol. The molecule has 122 valence electrons. The van der Waals surface area contributed by atoms with E-state index in [0.717, 1.165) is 40.3 Å². The van der Waals surface area contributed by atoms with Gasteiger partial charge in [0.25, 0.3) is 0 Å².